The lowest BCUT2D eigenvalue weighted by atomic mass is 10.2. The number of thiazole rings is 1. The van der Waals surface area contributed by atoms with Gasteiger partial charge in [0.2, 0.25) is 0 Å². The average molecular weight is 320 g/mol. The molecule has 0 aliphatic rings. The van der Waals surface area contributed by atoms with E-state index in [9.17, 15) is 9.90 Å². The van der Waals surface area contributed by atoms with Gasteiger partial charge in [-0.1, -0.05) is 30.3 Å². The summed E-state index contributed by atoms with van der Waals surface area (Å²) in [6.45, 7) is 2.67. The van der Waals surface area contributed by atoms with Crippen molar-refractivity contribution >= 4 is 17.2 Å². The summed E-state index contributed by atoms with van der Waals surface area (Å²) in [5, 5.41) is 9.98. The topological polar surface area (TPSA) is 62.7 Å². The summed E-state index contributed by atoms with van der Waals surface area (Å²) < 4.78 is 5.48. The highest BCUT2D eigenvalue weighted by molar-refractivity contribution is 7.11. The number of likely N-dealkylation sites (N-methyl/N-ethyl adjacent to an activating group) is 1. The maximum atomic E-state index is 12.2. The van der Waals surface area contributed by atoms with Crippen LogP contribution in [0.4, 0.5) is 0 Å². The van der Waals surface area contributed by atoms with Gasteiger partial charge in [-0.3, -0.25) is 4.79 Å². The zero-order valence-corrected chi connectivity index (χ0v) is 13.5. The summed E-state index contributed by atoms with van der Waals surface area (Å²) >= 11 is 1.31. The smallest absolute Gasteiger partial charge is 0.265 e. The molecule has 1 heterocycles. The molecule has 1 aromatic heterocycles. The lowest BCUT2D eigenvalue weighted by molar-refractivity contribution is 0.0137. The fraction of sp³-hybridized carbons (Fsp3) is 0.375. The van der Waals surface area contributed by atoms with Crippen LogP contribution in [0.2, 0.25) is 0 Å². The first kappa shape index (κ1) is 16.6. The first-order chi connectivity index (χ1) is 10.6. The van der Waals surface area contributed by atoms with E-state index in [2.05, 4.69) is 4.98 Å². The third-order valence-electron chi connectivity index (χ3n) is 3.19. The SMILES string of the molecule is Cc1ncsc1C(=O)N(C)CC(O)COCc1ccccc1. The number of hydrogen-bond acceptors (Lipinski definition) is 5. The molecule has 0 bridgehead atoms. The summed E-state index contributed by atoms with van der Waals surface area (Å²) in [5.41, 5.74) is 3.42. The van der Waals surface area contributed by atoms with Crippen LogP contribution in [0.1, 0.15) is 20.9 Å². The second-order valence-electron chi connectivity index (χ2n) is 5.11. The van der Waals surface area contributed by atoms with Gasteiger partial charge in [0.15, 0.2) is 0 Å². The van der Waals surface area contributed by atoms with Crippen LogP contribution in [-0.2, 0) is 11.3 Å². The lowest BCUT2D eigenvalue weighted by Crippen LogP contribution is -2.36. The molecule has 1 N–H and O–H groups in total. The molecule has 0 aliphatic carbocycles. The van der Waals surface area contributed by atoms with Gasteiger partial charge in [-0.2, -0.15) is 0 Å². The standard InChI is InChI=1S/C16H20N2O3S/c1-12-15(22-11-17-12)16(20)18(2)8-14(19)10-21-9-13-6-4-3-5-7-13/h3-7,11,14,19H,8-10H2,1-2H3. The van der Waals surface area contributed by atoms with Crippen LogP contribution in [-0.4, -0.2) is 47.2 Å². The van der Waals surface area contributed by atoms with Gasteiger partial charge in [0.1, 0.15) is 4.88 Å². The molecule has 1 aromatic carbocycles. The van der Waals surface area contributed by atoms with Crippen LogP contribution in [0.25, 0.3) is 0 Å². The maximum absolute atomic E-state index is 12.2. The number of aromatic nitrogens is 1. The normalized spacial score (nSPS) is 12.1. The second kappa shape index (κ2) is 8.03. The summed E-state index contributed by atoms with van der Waals surface area (Å²) in [7, 11) is 1.67. The van der Waals surface area contributed by atoms with Crippen molar-refractivity contribution in [3.8, 4) is 0 Å². The van der Waals surface area contributed by atoms with Gasteiger partial charge in [0, 0.05) is 13.6 Å². The quantitative estimate of drug-likeness (QED) is 0.848. The van der Waals surface area contributed by atoms with Crippen molar-refractivity contribution in [2.45, 2.75) is 19.6 Å². The molecule has 22 heavy (non-hydrogen) atoms. The number of aliphatic hydroxyl groups excluding tert-OH is 1. The largest absolute Gasteiger partial charge is 0.389 e. The Labute approximate surface area is 134 Å². The number of benzene rings is 1. The van der Waals surface area contributed by atoms with Gasteiger partial charge in [-0.25, -0.2) is 4.98 Å². The van der Waals surface area contributed by atoms with E-state index in [0.717, 1.165) is 11.3 Å². The molecule has 0 radical (unpaired) electrons. The summed E-state index contributed by atoms with van der Waals surface area (Å²) in [4.78, 5) is 18.4. The first-order valence-corrected chi connectivity index (χ1v) is 7.91. The molecule has 1 unspecified atom stereocenters. The molecule has 6 heteroatoms. The van der Waals surface area contributed by atoms with Crippen LogP contribution in [0.5, 0.6) is 0 Å². The minimum absolute atomic E-state index is 0.123. The Kier molecular flexibility index (Phi) is 6.06. The molecule has 0 saturated carbocycles. The minimum Gasteiger partial charge on any atom is -0.389 e. The molecule has 0 spiro atoms. The monoisotopic (exact) mass is 320 g/mol. The molecule has 0 fully saturated rings. The Bertz CT molecular complexity index is 600. The molecule has 2 rings (SSSR count). The molecular formula is C16H20N2O3S. The maximum Gasteiger partial charge on any atom is 0.265 e. The van der Waals surface area contributed by atoms with E-state index in [1.807, 2.05) is 30.3 Å². The number of nitrogens with zero attached hydrogens (tertiary/aromatic N) is 2. The predicted octanol–water partition coefficient (Wildman–Crippen LogP) is 2.10. The molecule has 118 valence electrons. The summed E-state index contributed by atoms with van der Waals surface area (Å²) in [6.07, 6.45) is -0.717. The molecular weight excluding hydrogens is 300 g/mol. The fourth-order valence-corrected chi connectivity index (χ4v) is 2.82. The van der Waals surface area contributed by atoms with Gasteiger partial charge in [-0.15, -0.1) is 11.3 Å². The number of hydrogen-bond donors (Lipinski definition) is 1. The van der Waals surface area contributed by atoms with Crippen molar-refractivity contribution < 1.29 is 14.6 Å². The summed E-state index contributed by atoms with van der Waals surface area (Å²) in [6, 6.07) is 9.77. The van der Waals surface area contributed by atoms with E-state index < -0.39 is 6.10 Å². The van der Waals surface area contributed by atoms with Gasteiger partial charge >= 0.3 is 0 Å². The Morgan fingerprint density at radius 2 is 2.14 bits per heavy atom. The van der Waals surface area contributed by atoms with E-state index >= 15 is 0 Å². The Morgan fingerprint density at radius 1 is 1.41 bits per heavy atom. The van der Waals surface area contributed by atoms with Crippen molar-refractivity contribution in [3.63, 3.8) is 0 Å². The third kappa shape index (κ3) is 4.62. The molecule has 2 aromatic rings. The van der Waals surface area contributed by atoms with Crippen molar-refractivity contribution in [1.82, 2.24) is 9.88 Å². The van der Waals surface area contributed by atoms with Crippen LogP contribution in [0.15, 0.2) is 35.8 Å². The van der Waals surface area contributed by atoms with Gasteiger partial charge in [-0.05, 0) is 12.5 Å². The predicted molar refractivity (Wildman–Crippen MR) is 85.9 cm³/mol. The number of carbonyl (C=O) groups excluding carboxylic acids is 1. The van der Waals surface area contributed by atoms with Crippen LogP contribution in [0, 0.1) is 6.92 Å². The van der Waals surface area contributed by atoms with E-state index in [4.69, 9.17) is 4.74 Å². The number of rotatable bonds is 7. The molecule has 0 saturated heterocycles. The van der Waals surface area contributed by atoms with Crippen LogP contribution in [0.3, 0.4) is 0 Å². The van der Waals surface area contributed by atoms with Crippen molar-refractivity contribution in [2.75, 3.05) is 20.2 Å². The van der Waals surface area contributed by atoms with Crippen molar-refractivity contribution in [1.29, 1.82) is 0 Å². The number of carbonyl (C=O) groups is 1. The van der Waals surface area contributed by atoms with Crippen molar-refractivity contribution in [3.05, 3.63) is 52.0 Å². The number of amides is 1. The van der Waals surface area contributed by atoms with E-state index in [-0.39, 0.29) is 19.1 Å². The molecule has 5 nitrogen and oxygen atoms in total. The van der Waals surface area contributed by atoms with Gasteiger partial charge in [0.25, 0.3) is 5.91 Å². The highest BCUT2D eigenvalue weighted by atomic mass is 32.1. The molecule has 0 aliphatic heterocycles. The van der Waals surface area contributed by atoms with Crippen molar-refractivity contribution in [2.24, 2.45) is 0 Å². The average Bonchev–Trinajstić information content (AvgIpc) is 2.93. The number of ether oxygens (including phenoxy) is 1. The number of aryl methyl sites for hydroxylation is 1. The molecule has 1 amide bonds. The molecule has 1 atom stereocenters. The zero-order valence-electron chi connectivity index (χ0n) is 12.7. The van der Waals surface area contributed by atoms with E-state index in [1.165, 1.54) is 16.2 Å². The number of aliphatic hydroxyl groups is 1. The van der Waals surface area contributed by atoms with E-state index in [0.29, 0.717) is 11.5 Å². The lowest BCUT2D eigenvalue weighted by Gasteiger charge is -2.20. The summed E-state index contributed by atoms with van der Waals surface area (Å²) in [5.74, 6) is -0.123. The highest BCUT2D eigenvalue weighted by Crippen LogP contribution is 2.14. The Balaban J connectivity index is 1.75. The zero-order chi connectivity index (χ0) is 15.9. The first-order valence-electron chi connectivity index (χ1n) is 7.03. The van der Waals surface area contributed by atoms with Crippen LogP contribution < -0.4 is 0 Å². The van der Waals surface area contributed by atoms with Gasteiger partial charge < -0.3 is 14.7 Å². The fourth-order valence-electron chi connectivity index (χ4n) is 2.02. The highest BCUT2D eigenvalue weighted by Gasteiger charge is 2.19. The van der Waals surface area contributed by atoms with Gasteiger partial charge in [0.05, 0.1) is 30.5 Å². The Hall–Kier alpha value is -1.76. The third-order valence-corrected chi connectivity index (χ3v) is 4.11. The minimum atomic E-state index is -0.717. The van der Waals surface area contributed by atoms with E-state index in [1.54, 1.807) is 19.5 Å². The Morgan fingerprint density at radius 3 is 2.77 bits per heavy atom. The van der Waals surface area contributed by atoms with Crippen LogP contribution >= 0.6 is 11.3 Å². The second-order valence-corrected chi connectivity index (χ2v) is 5.96.